The van der Waals surface area contributed by atoms with Crippen LogP contribution in [0.15, 0.2) is 72.8 Å². The Labute approximate surface area is 186 Å². The summed E-state index contributed by atoms with van der Waals surface area (Å²) < 4.78 is 11.0. The monoisotopic (exact) mass is 434 g/mol. The van der Waals surface area contributed by atoms with Crippen molar-refractivity contribution in [3.05, 3.63) is 83.9 Å². The van der Waals surface area contributed by atoms with Crippen molar-refractivity contribution in [1.82, 2.24) is 10.0 Å². The van der Waals surface area contributed by atoms with Gasteiger partial charge >= 0.3 is 6.09 Å². The fourth-order valence-electron chi connectivity index (χ4n) is 4.05. The van der Waals surface area contributed by atoms with Crippen LogP contribution in [0.25, 0.3) is 10.8 Å². The predicted molar refractivity (Wildman–Crippen MR) is 119 cm³/mol. The smallest absolute Gasteiger partial charge is 0.432 e. The number of benzene rings is 3. The number of hydrogen-bond acceptors (Lipinski definition) is 6. The van der Waals surface area contributed by atoms with Crippen molar-refractivity contribution in [3.63, 3.8) is 0 Å². The molecule has 7 heteroatoms. The van der Waals surface area contributed by atoms with E-state index in [0.29, 0.717) is 5.56 Å². The van der Waals surface area contributed by atoms with Crippen molar-refractivity contribution in [1.29, 1.82) is 0 Å². The standard InChI is InChI=1S/C25H26N2O5/c1-16-22(18-10-5-4-6-11-18)32-25(30)27(26(16)2)24(29)23(31-3)21(28)20-14-13-17-9-7-8-12-19(17)15-20/h4-16,21-23,28H,1-3H3/t16-,21+,22-,23-/m0/s1. The van der Waals surface area contributed by atoms with E-state index >= 15 is 0 Å². The minimum atomic E-state index is -1.29. The van der Waals surface area contributed by atoms with Gasteiger partial charge in [-0.15, -0.1) is 0 Å². The number of cyclic esters (lactones) is 1. The van der Waals surface area contributed by atoms with Crippen LogP contribution in [0.3, 0.4) is 0 Å². The Kier molecular flexibility index (Phi) is 6.23. The van der Waals surface area contributed by atoms with Gasteiger partial charge < -0.3 is 14.6 Å². The highest BCUT2D eigenvalue weighted by molar-refractivity contribution is 5.95. The Bertz CT molecular complexity index is 1120. The third-order valence-electron chi connectivity index (χ3n) is 5.98. The summed E-state index contributed by atoms with van der Waals surface area (Å²) in [6.45, 7) is 1.87. The van der Waals surface area contributed by atoms with Gasteiger partial charge in [-0.2, -0.15) is 5.01 Å². The molecule has 0 aromatic heterocycles. The van der Waals surface area contributed by atoms with E-state index in [1.165, 1.54) is 12.1 Å². The lowest BCUT2D eigenvalue weighted by Crippen LogP contribution is -2.61. The predicted octanol–water partition coefficient (Wildman–Crippen LogP) is 3.84. The van der Waals surface area contributed by atoms with Crippen LogP contribution in [0.2, 0.25) is 0 Å². The highest BCUT2D eigenvalue weighted by Gasteiger charge is 2.45. The molecular weight excluding hydrogens is 408 g/mol. The van der Waals surface area contributed by atoms with E-state index in [2.05, 4.69) is 0 Å². The van der Waals surface area contributed by atoms with Crippen molar-refractivity contribution < 1.29 is 24.2 Å². The van der Waals surface area contributed by atoms with Crippen LogP contribution in [0.1, 0.15) is 30.3 Å². The number of hydrazine groups is 1. The van der Waals surface area contributed by atoms with Crippen molar-refractivity contribution in [2.45, 2.75) is 31.3 Å². The lowest BCUT2D eigenvalue weighted by atomic mass is 9.99. The number of hydrogen-bond donors (Lipinski definition) is 1. The lowest BCUT2D eigenvalue weighted by molar-refractivity contribution is -0.178. The third-order valence-corrected chi connectivity index (χ3v) is 5.98. The quantitative estimate of drug-likeness (QED) is 0.657. The van der Waals surface area contributed by atoms with Gasteiger partial charge in [0, 0.05) is 14.2 Å². The Hall–Kier alpha value is -3.26. The number of carbonyl (C=O) groups is 2. The Morgan fingerprint density at radius 1 is 1.03 bits per heavy atom. The molecule has 1 fully saturated rings. The molecule has 2 amide bonds. The second-order valence-corrected chi connectivity index (χ2v) is 7.89. The van der Waals surface area contributed by atoms with Crippen molar-refractivity contribution in [3.8, 4) is 0 Å². The van der Waals surface area contributed by atoms with Crippen LogP contribution in [-0.2, 0) is 14.3 Å². The van der Waals surface area contributed by atoms with Gasteiger partial charge in [0.2, 0.25) is 0 Å². The zero-order valence-corrected chi connectivity index (χ0v) is 18.2. The molecule has 166 valence electrons. The molecule has 1 N–H and O–H groups in total. The Morgan fingerprint density at radius 2 is 1.69 bits per heavy atom. The van der Waals surface area contributed by atoms with Gasteiger partial charge in [0.25, 0.3) is 5.91 Å². The minimum Gasteiger partial charge on any atom is -0.438 e. The number of imide groups is 1. The van der Waals surface area contributed by atoms with Gasteiger partial charge in [-0.1, -0.05) is 66.7 Å². The van der Waals surface area contributed by atoms with Crippen LogP contribution >= 0.6 is 0 Å². The molecule has 0 unspecified atom stereocenters. The summed E-state index contributed by atoms with van der Waals surface area (Å²) in [6, 6.07) is 22.2. The molecule has 0 spiro atoms. The number of amides is 2. The Balaban J connectivity index is 1.57. The maximum atomic E-state index is 13.3. The van der Waals surface area contributed by atoms with Gasteiger partial charge in [0.05, 0.1) is 6.04 Å². The van der Waals surface area contributed by atoms with Gasteiger partial charge in [0.15, 0.2) is 6.10 Å². The number of aliphatic hydroxyl groups excluding tert-OH is 1. The number of fused-ring (bicyclic) bond motifs is 1. The molecule has 3 aromatic rings. The molecule has 4 atom stereocenters. The van der Waals surface area contributed by atoms with Crippen LogP contribution < -0.4 is 0 Å². The molecule has 0 saturated carbocycles. The average Bonchev–Trinajstić information content (AvgIpc) is 2.82. The van der Waals surface area contributed by atoms with E-state index in [4.69, 9.17) is 9.47 Å². The summed E-state index contributed by atoms with van der Waals surface area (Å²) in [6.07, 6.45) is -3.88. The number of aliphatic hydroxyl groups is 1. The van der Waals surface area contributed by atoms with E-state index in [9.17, 15) is 14.7 Å². The fraction of sp³-hybridized carbons (Fsp3) is 0.280. The number of carbonyl (C=O) groups excluding carboxylic acids is 2. The van der Waals surface area contributed by atoms with Gasteiger partial charge in [0.1, 0.15) is 12.2 Å². The number of likely N-dealkylation sites (N-methyl/N-ethyl adjacent to an activating group) is 1. The highest BCUT2D eigenvalue weighted by Crippen LogP contribution is 2.32. The van der Waals surface area contributed by atoms with E-state index in [1.807, 2.05) is 73.7 Å². The van der Waals surface area contributed by atoms with E-state index in [1.54, 1.807) is 13.1 Å². The van der Waals surface area contributed by atoms with Gasteiger partial charge in [-0.05, 0) is 34.9 Å². The normalized spacial score (nSPS) is 21.2. The molecule has 1 heterocycles. The lowest BCUT2D eigenvalue weighted by Gasteiger charge is -2.43. The zero-order chi connectivity index (χ0) is 22.8. The van der Waals surface area contributed by atoms with Crippen molar-refractivity contribution >= 4 is 22.8 Å². The summed E-state index contributed by atoms with van der Waals surface area (Å²) >= 11 is 0. The summed E-state index contributed by atoms with van der Waals surface area (Å²) in [7, 11) is 2.98. The van der Waals surface area contributed by atoms with Crippen LogP contribution in [-0.4, -0.2) is 53.4 Å². The number of methoxy groups -OCH3 is 1. The first-order valence-corrected chi connectivity index (χ1v) is 10.4. The number of rotatable bonds is 5. The third kappa shape index (κ3) is 3.98. The molecule has 3 aromatic carbocycles. The molecule has 0 radical (unpaired) electrons. The second-order valence-electron chi connectivity index (χ2n) is 7.89. The van der Waals surface area contributed by atoms with E-state index < -0.39 is 30.3 Å². The maximum absolute atomic E-state index is 13.3. The first-order valence-electron chi connectivity index (χ1n) is 10.4. The van der Waals surface area contributed by atoms with Crippen molar-refractivity contribution in [2.24, 2.45) is 0 Å². The molecule has 32 heavy (non-hydrogen) atoms. The molecule has 7 nitrogen and oxygen atoms in total. The topological polar surface area (TPSA) is 79.3 Å². The SMILES string of the molecule is CO[C@H](C(=O)N1C(=O)O[C@H](c2ccccc2)[C@H](C)N1C)[C@H](O)c1ccc2ccccc2c1. The minimum absolute atomic E-state index is 0.311. The average molecular weight is 434 g/mol. The van der Waals surface area contributed by atoms with Crippen LogP contribution in [0.4, 0.5) is 4.79 Å². The van der Waals surface area contributed by atoms with E-state index in [0.717, 1.165) is 21.3 Å². The van der Waals surface area contributed by atoms with Crippen LogP contribution in [0.5, 0.6) is 0 Å². The summed E-state index contributed by atoms with van der Waals surface area (Å²) in [5.74, 6) is -0.695. The summed E-state index contributed by atoms with van der Waals surface area (Å²) in [4.78, 5) is 26.1. The largest absolute Gasteiger partial charge is 0.438 e. The van der Waals surface area contributed by atoms with E-state index in [-0.39, 0.29) is 6.04 Å². The molecule has 0 aliphatic carbocycles. The molecule has 4 rings (SSSR count). The number of nitrogens with zero attached hydrogens (tertiary/aromatic N) is 2. The zero-order valence-electron chi connectivity index (χ0n) is 18.2. The molecule has 0 bridgehead atoms. The molecule has 1 aliphatic rings. The molecule has 1 aliphatic heterocycles. The highest BCUT2D eigenvalue weighted by atomic mass is 16.6. The van der Waals surface area contributed by atoms with Gasteiger partial charge in [-0.25, -0.2) is 9.80 Å². The van der Waals surface area contributed by atoms with Crippen molar-refractivity contribution in [2.75, 3.05) is 14.2 Å². The Morgan fingerprint density at radius 3 is 2.38 bits per heavy atom. The summed E-state index contributed by atoms with van der Waals surface area (Å²) in [5, 5.41) is 15.4. The first-order chi connectivity index (χ1) is 15.4. The van der Waals surface area contributed by atoms with Gasteiger partial charge in [-0.3, -0.25) is 4.79 Å². The summed E-state index contributed by atoms with van der Waals surface area (Å²) in [5.41, 5.74) is 1.36. The molecular formula is C25H26N2O5. The first kappa shape index (κ1) is 22.0. The molecule has 1 saturated heterocycles. The maximum Gasteiger partial charge on any atom is 0.432 e. The number of ether oxygens (including phenoxy) is 2. The fourth-order valence-corrected chi connectivity index (χ4v) is 4.05. The second kappa shape index (κ2) is 9.08. The van der Waals surface area contributed by atoms with Crippen LogP contribution in [0, 0.1) is 0 Å².